The van der Waals surface area contributed by atoms with Gasteiger partial charge in [0.15, 0.2) is 0 Å². The minimum Gasteiger partial charge on any atom is -0.366 e. The second-order valence-electron chi connectivity index (χ2n) is 3.48. The number of hydrogen-bond acceptors (Lipinski definition) is 3. The van der Waals surface area contributed by atoms with Gasteiger partial charge in [0.25, 0.3) is 0 Å². The van der Waals surface area contributed by atoms with Gasteiger partial charge in [-0.25, -0.2) is 0 Å². The SMILES string of the molecule is NC(=O)c1ccccc1-c1cc(C(F)(F)F)on1. The molecular weight excluding hydrogens is 249 g/mol. The Balaban J connectivity index is 2.50. The van der Waals surface area contributed by atoms with Crippen LogP contribution in [0.4, 0.5) is 13.2 Å². The van der Waals surface area contributed by atoms with Crippen molar-refractivity contribution in [1.29, 1.82) is 0 Å². The van der Waals surface area contributed by atoms with Crippen LogP contribution in [0, 0.1) is 0 Å². The van der Waals surface area contributed by atoms with E-state index in [-0.39, 0.29) is 16.8 Å². The van der Waals surface area contributed by atoms with Crippen molar-refractivity contribution in [2.45, 2.75) is 6.18 Å². The molecule has 2 rings (SSSR count). The fourth-order valence-corrected chi connectivity index (χ4v) is 1.46. The topological polar surface area (TPSA) is 69.1 Å². The summed E-state index contributed by atoms with van der Waals surface area (Å²) in [5, 5.41) is 3.29. The number of carbonyl (C=O) groups excluding carboxylic acids is 1. The summed E-state index contributed by atoms with van der Waals surface area (Å²) in [4.78, 5) is 11.1. The highest BCUT2D eigenvalue weighted by atomic mass is 19.4. The molecule has 0 unspecified atom stereocenters. The van der Waals surface area contributed by atoms with E-state index in [2.05, 4.69) is 9.68 Å². The summed E-state index contributed by atoms with van der Waals surface area (Å²) in [6.07, 6.45) is -4.62. The zero-order chi connectivity index (χ0) is 13.3. The van der Waals surface area contributed by atoms with E-state index >= 15 is 0 Å². The van der Waals surface area contributed by atoms with Crippen molar-refractivity contribution in [3.05, 3.63) is 41.7 Å². The molecule has 0 radical (unpaired) electrons. The van der Waals surface area contributed by atoms with Gasteiger partial charge in [-0.15, -0.1) is 0 Å². The summed E-state index contributed by atoms with van der Waals surface area (Å²) < 4.78 is 41.2. The largest absolute Gasteiger partial charge is 0.452 e. The third-order valence-corrected chi connectivity index (χ3v) is 2.26. The highest BCUT2D eigenvalue weighted by Crippen LogP contribution is 2.32. The summed E-state index contributed by atoms with van der Waals surface area (Å²) in [7, 11) is 0. The predicted molar refractivity (Wildman–Crippen MR) is 55.5 cm³/mol. The van der Waals surface area contributed by atoms with Gasteiger partial charge in [-0.3, -0.25) is 4.79 Å². The maximum Gasteiger partial charge on any atom is 0.452 e. The molecule has 0 saturated carbocycles. The van der Waals surface area contributed by atoms with Gasteiger partial charge < -0.3 is 10.3 Å². The summed E-state index contributed by atoms with van der Waals surface area (Å²) >= 11 is 0. The van der Waals surface area contributed by atoms with E-state index in [1.54, 1.807) is 12.1 Å². The first-order valence-corrected chi connectivity index (χ1v) is 4.82. The number of halogens is 3. The van der Waals surface area contributed by atoms with Crippen molar-refractivity contribution in [3.8, 4) is 11.3 Å². The van der Waals surface area contributed by atoms with Gasteiger partial charge in [-0.2, -0.15) is 13.2 Å². The summed E-state index contributed by atoms with van der Waals surface area (Å²) in [5.41, 5.74) is 5.32. The van der Waals surface area contributed by atoms with E-state index < -0.39 is 17.8 Å². The zero-order valence-electron chi connectivity index (χ0n) is 8.86. The van der Waals surface area contributed by atoms with Crippen molar-refractivity contribution in [3.63, 3.8) is 0 Å². The molecular formula is C11H7F3N2O2. The van der Waals surface area contributed by atoms with E-state index in [0.717, 1.165) is 6.07 Å². The first-order valence-electron chi connectivity index (χ1n) is 4.82. The Morgan fingerprint density at radius 3 is 2.50 bits per heavy atom. The fourth-order valence-electron chi connectivity index (χ4n) is 1.46. The van der Waals surface area contributed by atoms with Gasteiger partial charge in [0.1, 0.15) is 5.69 Å². The standard InChI is InChI=1S/C11H7F3N2O2/c12-11(13,14)9-5-8(16-18-9)6-3-1-2-4-7(6)10(15)17/h1-5H,(H2,15,17). The molecule has 7 heteroatoms. The average molecular weight is 256 g/mol. The van der Waals surface area contributed by atoms with E-state index in [9.17, 15) is 18.0 Å². The number of nitrogens with two attached hydrogens (primary N) is 1. The third-order valence-electron chi connectivity index (χ3n) is 2.26. The van der Waals surface area contributed by atoms with Gasteiger partial charge in [-0.05, 0) is 6.07 Å². The van der Waals surface area contributed by atoms with Crippen LogP contribution in [0.25, 0.3) is 11.3 Å². The molecule has 1 aromatic heterocycles. The highest BCUT2D eigenvalue weighted by molar-refractivity contribution is 5.99. The van der Waals surface area contributed by atoms with Crippen molar-refractivity contribution in [1.82, 2.24) is 5.16 Å². The Morgan fingerprint density at radius 1 is 1.28 bits per heavy atom. The van der Waals surface area contributed by atoms with Crippen LogP contribution < -0.4 is 5.73 Å². The zero-order valence-corrected chi connectivity index (χ0v) is 8.86. The van der Waals surface area contributed by atoms with E-state index in [0.29, 0.717) is 0 Å². The van der Waals surface area contributed by atoms with Crippen LogP contribution in [-0.4, -0.2) is 11.1 Å². The Bertz CT molecular complexity index is 590. The Kier molecular flexibility index (Phi) is 2.82. The first-order chi connectivity index (χ1) is 8.39. The van der Waals surface area contributed by atoms with Crippen LogP contribution in [0.2, 0.25) is 0 Å². The lowest BCUT2D eigenvalue weighted by Crippen LogP contribution is -2.12. The van der Waals surface area contributed by atoms with Crippen LogP contribution >= 0.6 is 0 Å². The number of amides is 1. The number of carbonyl (C=O) groups is 1. The molecule has 2 N–H and O–H groups in total. The first kappa shape index (κ1) is 12.2. The van der Waals surface area contributed by atoms with E-state index in [1.807, 2.05) is 0 Å². The number of nitrogens with zero attached hydrogens (tertiary/aromatic N) is 1. The Labute approximate surface area is 99.2 Å². The fraction of sp³-hybridized carbons (Fsp3) is 0.0909. The van der Waals surface area contributed by atoms with Gasteiger partial charge in [-0.1, -0.05) is 23.4 Å². The molecule has 0 atom stereocenters. The van der Waals surface area contributed by atoms with Gasteiger partial charge >= 0.3 is 6.18 Å². The lowest BCUT2D eigenvalue weighted by Gasteiger charge is -2.01. The highest BCUT2D eigenvalue weighted by Gasteiger charge is 2.36. The van der Waals surface area contributed by atoms with Crippen LogP contribution in [0.5, 0.6) is 0 Å². The van der Waals surface area contributed by atoms with Crippen molar-refractivity contribution >= 4 is 5.91 Å². The van der Waals surface area contributed by atoms with Crippen molar-refractivity contribution in [2.75, 3.05) is 0 Å². The predicted octanol–water partition coefficient (Wildman–Crippen LogP) is 2.46. The molecule has 0 saturated heterocycles. The number of hydrogen-bond donors (Lipinski definition) is 1. The van der Waals surface area contributed by atoms with E-state index in [1.165, 1.54) is 12.1 Å². The van der Waals surface area contributed by atoms with Gasteiger partial charge in [0.05, 0.1) is 0 Å². The molecule has 1 aromatic carbocycles. The molecule has 4 nitrogen and oxygen atoms in total. The number of primary amides is 1. The molecule has 0 fully saturated rings. The average Bonchev–Trinajstić information content (AvgIpc) is 2.77. The Hall–Kier alpha value is -2.31. The molecule has 1 heterocycles. The minimum absolute atomic E-state index is 0.0829. The maximum atomic E-state index is 12.4. The molecule has 0 bridgehead atoms. The number of benzene rings is 1. The maximum absolute atomic E-state index is 12.4. The smallest absolute Gasteiger partial charge is 0.366 e. The quantitative estimate of drug-likeness (QED) is 0.897. The monoisotopic (exact) mass is 256 g/mol. The molecule has 0 aliphatic heterocycles. The van der Waals surface area contributed by atoms with Crippen molar-refractivity contribution in [2.24, 2.45) is 5.73 Å². The van der Waals surface area contributed by atoms with Crippen LogP contribution in [0.1, 0.15) is 16.1 Å². The molecule has 1 amide bonds. The molecule has 18 heavy (non-hydrogen) atoms. The lowest BCUT2D eigenvalue weighted by molar-refractivity contribution is -0.155. The number of rotatable bonds is 2. The number of aromatic nitrogens is 1. The normalized spacial score (nSPS) is 11.5. The Morgan fingerprint density at radius 2 is 1.94 bits per heavy atom. The molecule has 0 aliphatic carbocycles. The van der Waals surface area contributed by atoms with Crippen molar-refractivity contribution < 1.29 is 22.5 Å². The summed E-state index contributed by atoms with van der Waals surface area (Å²) in [5.74, 6) is -1.97. The summed E-state index contributed by atoms with van der Waals surface area (Å²) in [6.45, 7) is 0. The van der Waals surface area contributed by atoms with Crippen LogP contribution in [-0.2, 0) is 6.18 Å². The second kappa shape index (κ2) is 4.17. The second-order valence-corrected chi connectivity index (χ2v) is 3.48. The van der Waals surface area contributed by atoms with Gasteiger partial charge in [0, 0.05) is 17.2 Å². The molecule has 0 aliphatic rings. The van der Waals surface area contributed by atoms with Crippen LogP contribution in [0.3, 0.4) is 0 Å². The van der Waals surface area contributed by atoms with E-state index in [4.69, 9.17) is 5.73 Å². The molecule has 0 spiro atoms. The number of alkyl halides is 3. The summed E-state index contributed by atoms with van der Waals surface area (Å²) in [6, 6.07) is 6.68. The van der Waals surface area contributed by atoms with Crippen LogP contribution in [0.15, 0.2) is 34.9 Å². The molecule has 2 aromatic rings. The third kappa shape index (κ3) is 2.20. The molecule has 94 valence electrons. The van der Waals surface area contributed by atoms with Gasteiger partial charge in [0.2, 0.25) is 11.7 Å². The minimum atomic E-state index is -4.62. The lowest BCUT2D eigenvalue weighted by atomic mass is 10.0.